The highest BCUT2D eigenvalue weighted by molar-refractivity contribution is 5.95. The van der Waals surface area contributed by atoms with E-state index in [0.717, 1.165) is 28.8 Å². The maximum absolute atomic E-state index is 4.72. The van der Waals surface area contributed by atoms with E-state index in [9.17, 15) is 0 Å². The summed E-state index contributed by atoms with van der Waals surface area (Å²) in [5, 5.41) is 0. The van der Waals surface area contributed by atoms with Gasteiger partial charge in [0.25, 0.3) is 0 Å². The standard InChI is InChI=1S/C15H10N2/c1-2-6-11-10(5-1)9-14-15(11)17-13-8-4-3-7-12(13)16-14/h1-4,6-9H,5H2. The van der Waals surface area contributed by atoms with Gasteiger partial charge in [-0.05, 0) is 30.2 Å². The molecule has 0 aliphatic heterocycles. The van der Waals surface area contributed by atoms with Crippen LogP contribution in [0.25, 0.3) is 22.7 Å². The lowest BCUT2D eigenvalue weighted by Crippen LogP contribution is -1.94. The van der Waals surface area contributed by atoms with Crippen molar-refractivity contribution < 1.29 is 0 Å². The van der Waals surface area contributed by atoms with Gasteiger partial charge in [0.1, 0.15) is 0 Å². The largest absolute Gasteiger partial charge is 0.244 e. The normalized spacial score (nSPS) is 16.5. The Morgan fingerprint density at radius 1 is 1.00 bits per heavy atom. The molecule has 0 unspecified atom stereocenters. The van der Waals surface area contributed by atoms with Gasteiger partial charge in [0, 0.05) is 5.57 Å². The van der Waals surface area contributed by atoms with Gasteiger partial charge in [-0.25, -0.2) is 9.97 Å². The molecule has 0 radical (unpaired) electrons. The Morgan fingerprint density at radius 3 is 2.71 bits per heavy atom. The summed E-state index contributed by atoms with van der Waals surface area (Å²) in [6.07, 6.45) is 9.54. The zero-order valence-electron chi connectivity index (χ0n) is 9.22. The number of allylic oxidation sites excluding steroid dienone is 5. The highest BCUT2D eigenvalue weighted by Gasteiger charge is 2.22. The number of nitrogens with zero attached hydrogens (tertiary/aromatic N) is 2. The topological polar surface area (TPSA) is 25.8 Å². The molecule has 17 heavy (non-hydrogen) atoms. The Bertz CT molecular complexity index is 721. The SMILES string of the molecule is C1=CCC2=Cc3nc4ccccc4nc3C2=C1. The fourth-order valence-electron chi connectivity index (χ4n) is 2.42. The molecule has 2 heteroatoms. The van der Waals surface area contributed by atoms with Crippen molar-refractivity contribution in [3.8, 4) is 0 Å². The summed E-state index contributed by atoms with van der Waals surface area (Å²) in [4.78, 5) is 9.40. The van der Waals surface area contributed by atoms with Gasteiger partial charge in [0.15, 0.2) is 0 Å². The quantitative estimate of drug-likeness (QED) is 0.677. The number of hydrogen-bond donors (Lipinski definition) is 0. The van der Waals surface area contributed by atoms with E-state index in [0.29, 0.717) is 0 Å². The zero-order valence-corrected chi connectivity index (χ0v) is 9.22. The molecule has 1 heterocycles. The van der Waals surface area contributed by atoms with Crippen molar-refractivity contribution in [1.82, 2.24) is 9.97 Å². The van der Waals surface area contributed by atoms with Gasteiger partial charge < -0.3 is 0 Å². The first-order valence-electron chi connectivity index (χ1n) is 5.77. The van der Waals surface area contributed by atoms with Crippen LogP contribution in [-0.2, 0) is 0 Å². The first-order valence-corrected chi connectivity index (χ1v) is 5.77. The Kier molecular flexibility index (Phi) is 1.64. The van der Waals surface area contributed by atoms with Gasteiger partial charge in [0.2, 0.25) is 0 Å². The lowest BCUT2D eigenvalue weighted by atomic mass is 10.0. The van der Waals surface area contributed by atoms with Crippen LogP contribution in [0.2, 0.25) is 0 Å². The molecule has 0 atom stereocenters. The second-order valence-electron chi connectivity index (χ2n) is 4.33. The van der Waals surface area contributed by atoms with Crippen LogP contribution in [0.15, 0.2) is 48.1 Å². The number of para-hydroxylation sites is 2. The van der Waals surface area contributed by atoms with Gasteiger partial charge in [-0.15, -0.1) is 0 Å². The molecule has 0 amide bonds. The minimum Gasteiger partial charge on any atom is -0.244 e. The van der Waals surface area contributed by atoms with Crippen molar-refractivity contribution in [2.45, 2.75) is 6.42 Å². The first-order chi connectivity index (χ1) is 8.42. The summed E-state index contributed by atoms with van der Waals surface area (Å²) in [6, 6.07) is 8.02. The van der Waals surface area contributed by atoms with Crippen LogP contribution < -0.4 is 0 Å². The highest BCUT2D eigenvalue weighted by atomic mass is 14.8. The van der Waals surface area contributed by atoms with Gasteiger partial charge in [0.05, 0.1) is 22.4 Å². The van der Waals surface area contributed by atoms with Gasteiger partial charge >= 0.3 is 0 Å². The summed E-state index contributed by atoms with van der Waals surface area (Å²) in [7, 11) is 0. The van der Waals surface area contributed by atoms with Crippen LogP contribution in [-0.4, -0.2) is 9.97 Å². The fourth-order valence-corrected chi connectivity index (χ4v) is 2.42. The van der Waals surface area contributed by atoms with Crippen LogP contribution in [0, 0.1) is 0 Å². The second-order valence-corrected chi connectivity index (χ2v) is 4.33. The van der Waals surface area contributed by atoms with Gasteiger partial charge in [-0.2, -0.15) is 0 Å². The Labute approximate surface area is 99.0 Å². The molecule has 0 fully saturated rings. The molecule has 4 rings (SSSR count). The Balaban J connectivity index is 2.05. The molecule has 0 N–H and O–H groups in total. The predicted molar refractivity (Wildman–Crippen MR) is 69.2 cm³/mol. The molecular formula is C15H10N2. The molecular weight excluding hydrogens is 208 g/mol. The molecule has 2 aliphatic carbocycles. The maximum Gasteiger partial charge on any atom is 0.0969 e. The Hall–Kier alpha value is -2.22. The molecule has 1 aromatic heterocycles. The molecule has 2 nitrogen and oxygen atoms in total. The molecule has 0 saturated heterocycles. The van der Waals surface area contributed by atoms with Crippen LogP contribution in [0.4, 0.5) is 0 Å². The van der Waals surface area contributed by atoms with E-state index in [1.165, 1.54) is 11.1 Å². The molecule has 2 aliphatic rings. The van der Waals surface area contributed by atoms with Crippen LogP contribution in [0.3, 0.4) is 0 Å². The maximum atomic E-state index is 4.72. The van der Waals surface area contributed by atoms with Crippen LogP contribution in [0.5, 0.6) is 0 Å². The molecule has 80 valence electrons. The van der Waals surface area contributed by atoms with Crippen molar-refractivity contribution in [3.05, 3.63) is 59.5 Å². The lowest BCUT2D eigenvalue weighted by Gasteiger charge is -2.07. The van der Waals surface area contributed by atoms with E-state index in [1.54, 1.807) is 0 Å². The average molecular weight is 218 g/mol. The van der Waals surface area contributed by atoms with Gasteiger partial charge in [-0.3, -0.25) is 0 Å². The fraction of sp³-hybridized carbons (Fsp3) is 0.0667. The minimum atomic E-state index is 0.968. The number of hydrogen-bond acceptors (Lipinski definition) is 2. The van der Waals surface area contributed by atoms with E-state index in [2.05, 4.69) is 29.3 Å². The third kappa shape index (κ3) is 1.21. The van der Waals surface area contributed by atoms with Crippen molar-refractivity contribution in [3.63, 3.8) is 0 Å². The van der Waals surface area contributed by atoms with E-state index in [-0.39, 0.29) is 0 Å². The summed E-state index contributed by atoms with van der Waals surface area (Å²) in [5.41, 5.74) is 6.54. The zero-order chi connectivity index (χ0) is 11.2. The van der Waals surface area contributed by atoms with E-state index < -0.39 is 0 Å². The summed E-state index contributed by atoms with van der Waals surface area (Å²) in [5.74, 6) is 0. The smallest absolute Gasteiger partial charge is 0.0969 e. The molecule has 0 bridgehead atoms. The van der Waals surface area contributed by atoms with E-state index in [1.807, 2.05) is 24.3 Å². The van der Waals surface area contributed by atoms with Crippen molar-refractivity contribution in [1.29, 1.82) is 0 Å². The number of benzene rings is 1. The van der Waals surface area contributed by atoms with Crippen molar-refractivity contribution in [2.75, 3.05) is 0 Å². The minimum absolute atomic E-state index is 0.968. The molecule has 0 spiro atoms. The summed E-state index contributed by atoms with van der Waals surface area (Å²) in [6.45, 7) is 0. The molecule has 0 saturated carbocycles. The third-order valence-corrected chi connectivity index (χ3v) is 3.25. The van der Waals surface area contributed by atoms with Crippen LogP contribution >= 0.6 is 0 Å². The summed E-state index contributed by atoms with van der Waals surface area (Å²) >= 11 is 0. The van der Waals surface area contributed by atoms with Crippen LogP contribution in [0.1, 0.15) is 17.8 Å². The molecule has 1 aromatic carbocycles. The second kappa shape index (κ2) is 3.14. The van der Waals surface area contributed by atoms with E-state index >= 15 is 0 Å². The van der Waals surface area contributed by atoms with Gasteiger partial charge in [-0.1, -0.05) is 30.4 Å². The highest BCUT2D eigenvalue weighted by Crippen LogP contribution is 2.37. The lowest BCUT2D eigenvalue weighted by molar-refractivity contribution is 1.23. The number of aromatic nitrogens is 2. The Morgan fingerprint density at radius 2 is 1.82 bits per heavy atom. The van der Waals surface area contributed by atoms with E-state index in [4.69, 9.17) is 4.98 Å². The van der Waals surface area contributed by atoms with Crippen molar-refractivity contribution >= 4 is 22.7 Å². The predicted octanol–water partition coefficient (Wildman–Crippen LogP) is 3.37. The molecule has 2 aromatic rings. The number of fused-ring (bicyclic) bond motifs is 4. The summed E-state index contributed by atoms with van der Waals surface area (Å²) < 4.78 is 0. The third-order valence-electron chi connectivity index (χ3n) is 3.25. The average Bonchev–Trinajstić information content (AvgIpc) is 2.73. The monoisotopic (exact) mass is 218 g/mol. The first kappa shape index (κ1) is 8.88. The number of rotatable bonds is 0. The van der Waals surface area contributed by atoms with Crippen molar-refractivity contribution in [2.24, 2.45) is 0 Å².